The molecule has 11 heteroatoms. The van der Waals surface area contributed by atoms with E-state index in [4.69, 9.17) is 27.4 Å². The zero-order chi connectivity index (χ0) is 24.0. The van der Waals surface area contributed by atoms with Crippen LogP contribution in [0.5, 0.6) is 11.5 Å². The number of hydrogen-bond acceptors (Lipinski definition) is 6. The van der Waals surface area contributed by atoms with Gasteiger partial charge in [0.15, 0.2) is 0 Å². The number of methoxy groups -OCH3 is 2. The Kier molecular flexibility index (Phi) is 7.99. The van der Waals surface area contributed by atoms with E-state index in [9.17, 15) is 4.79 Å². The van der Waals surface area contributed by atoms with E-state index >= 15 is 0 Å². The Labute approximate surface area is 198 Å². The van der Waals surface area contributed by atoms with E-state index in [1.807, 2.05) is 24.8 Å². The van der Waals surface area contributed by atoms with E-state index in [2.05, 4.69) is 25.6 Å². The van der Waals surface area contributed by atoms with Gasteiger partial charge >= 0.3 is 0 Å². The zero-order valence-electron chi connectivity index (χ0n) is 19.2. The molecule has 1 aliphatic rings. The third-order valence-corrected chi connectivity index (χ3v) is 5.41. The van der Waals surface area contributed by atoms with Gasteiger partial charge in [-0.2, -0.15) is 4.99 Å². The molecule has 0 unspecified atom stereocenters. The Hall–Kier alpha value is -3.47. The summed E-state index contributed by atoms with van der Waals surface area (Å²) in [7, 11) is 3.16. The fourth-order valence-electron chi connectivity index (χ4n) is 3.56. The third kappa shape index (κ3) is 6.75. The number of aryl methyl sites for hydroxylation is 2. The summed E-state index contributed by atoms with van der Waals surface area (Å²) in [5, 5.41) is 6.53. The van der Waals surface area contributed by atoms with Gasteiger partial charge in [-0.05, 0) is 45.0 Å². The quantitative estimate of drug-likeness (QED) is 0.342. The molecule has 0 bridgehead atoms. The molecule has 0 atom stereocenters. The van der Waals surface area contributed by atoms with Gasteiger partial charge in [0.2, 0.25) is 22.9 Å². The molecule has 4 N–H and O–H groups in total. The highest BCUT2D eigenvalue weighted by Crippen LogP contribution is 2.26. The summed E-state index contributed by atoms with van der Waals surface area (Å²) < 4.78 is 10.6. The van der Waals surface area contributed by atoms with Gasteiger partial charge in [-0.1, -0.05) is 0 Å². The standard InChI is InChI=1S/C22H29N7O3S/c1-13-9-14(2)25-20(24-13)27-21(29-7-5-15(6-8-29)19(23)30)28-22(33)26-16-10-17(31-3)12-18(11-16)32-4/h9-12,15H,5-8H2,1-4H3,(H2,23,30)(H2,24,25,26,27,28,33). The molecule has 1 saturated heterocycles. The number of aliphatic imine (C=N–C) groups is 1. The Morgan fingerprint density at radius 3 is 2.15 bits per heavy atom. The van der Waals surface area contributed by atoms with Crippen LogP contribution in [0.2, 0.25) is 0 Å². The first-order valence-electron chi connectivity index (χ1n) is 10.5. The first kappa shape index (κ1) is 24.2. The molecule has 3 rings (SSSR count). The highest BCUT2D eigenvalue weighted by Gasteiger charge is 2.26. The van der Waals surface area contributed by atoms with Crippen LogP contribution in [0.1, 0.15) is 24.2 Å². The molecular formula is C22H29N7O3S. The fourth-order valence-corrected chi connectivity index (χ4v) is 3.77. The van der Waals surface area contributed by atoms with Gasteiger partial charge in [-0.25, -0.2) is 9.97 Å². The second-order valence-corrected chi connectivity index (χ2v) is 8.12. The molecule has 10 nitrogen and oxygen atoms in total. The molecule has 0 saturated carbocycles. The molecule has 2 aromatic rings. The van der Waals surface area contributed by atoms with Gasteiger partial charge in [0.1, 0.15) is 11.5 Å². The molecule has 0 aliphatic carbocycles. The van der Waals surface area contributed by atoms with Crippen LogP contribution in [0, 0.1) is 19.8 Å². The number of likely N-dealkylation sites (tertiary alicyclic amines) is 1. The van der Waals surface area contributed by atoms with Crippen molar-refractivity contribution >= 4 is 40.8 Å². The topological polar surface area (TPSA) is 127 Å². The largest absolute Gasteiger partial charge is 0.497 e. The number of ether oxygens (including phenoxy) is 2. The van der Waals surface area contributed by atoms with E-state index in [-0.39, 0.29) is 16.9 Å². The van der Waals surface area contributed by atoms with Gasteiger partial charge in [-0.3, -0.25) is 10.1 Å². The molecule has 0 radical (unpaired) electrons. The van der Waals surface area contributed by atoms with E-state index in [0.29, 0.717) is 55.0 Å². The van der Waals surface area contributed by atoms with Crippen molar-refractivity contribution in [2.45, 2.75) is 26.7 Å². The van der Waals surface area contributed by atoms with E-state index in [1.165, 1.54) is 0 Å². The molecule has 33 heavy (non-hydrogen) atoms. The average molecular weight is 472 g/mol. The van der Waals surface area contributed by atoms with Gasteiger partial charge < -0.3 is 25.4 Å². The summed E-state index contributed by atoms with van der Waals surface area (Å²) in [6.07, 6.45) is 1.27. The summed E-state index contributed by atoms with van der Waals surface area (Å²) in [4.78, 5) is 27.1. The number of nitrogens with two attached hydrogens (primary N) is 1. The minimum atomic E-state index is -0.275. The van der Waals surface area contributed by atoms with Crippen LogP contribution in [0.15, 0.2) is 29.3 Å². The van der Waals surface area contributed by atoms with Crippen LogP contribution in [-0.2, 0) is 4.79 Å². The Bertz CT molecular complexity index is 1010. The number of amides is 1. The average Bonchev–Trinajstić information content (AvgIpc) is 2.77. The number of aromatic nitrogens is 2. The number of carbonyl (C=O) groups excluding carboxylic acids is 1. The molecule has 1 aromatic carbocycles. The van der Waals surface area contributed by atoms with E-state index < -0.39 is 0 Å². The maximum Gasteiger partial charge on any atom is 0.229 e. The SMILES string of the molecule is COc1cc(NC(=S)/N=C(/Nc2nc(C)cc(C)n2)N2CCC(C(N)=O)CC2)cc(OC)c1. The molecule has 1 amide bonds. The van der Waals surface area contributed by atoms with Crippen LogP contribution < -0.4 is 25.8 Å². The first-order chi connectivity index (χ1) is 15.8. The molecule has 0 spiro atoms. The first-order valence-corrected chi connectivity index (χ1v) is 10.9. The number of rotatable bonds is 5. The lowest BCUT2D eigenvalue weighted by Gasteiger charge is -2.32. The highest BCUT2D eigenvalue weighted by molar-refractivity contribution is 7.80. The number of benzene rings is 1. The number of guanidine groups is 1. The molecular weight excluding hydrogens is 442 g/mol. The lowest BCUT2D eigenvalue weighted by Crippen LogP contribution is -2.45. The molecule has 2 heterocycles. The Balaban J connectivity index is 1.84. The summed E-state index contributed by atoms with van der Waals surface area (Å²) in [5.74, 6) is 1.75. The van der Waals surface area contributed by atoms with Crippen LogP contribution in [0.25, 0.3) is 0 Å². The van der Waals surface area contributed by atoms with Crippen LogP contribution in [0.4, 0.5) is 11.6 Å². The maximum atomic E-state index is 11.6. The van der Waals surface area contributed by atoms with E-state index in [0.717, 1.165) is 11.4 Å². The van der Waals surface area contributed by atoms with Crippen molar-refractivity contribution in [3.05, 3.63) is 35.7 Å². The number of thiocarbonyl (C=S) groups is 1. The van der Waals surface area contributed by atoms with Crippen molar-refractivity contribution < 1.29 is 14.3 Å². The van der Waals surface area contributed by atoms with Crippen molar-refractivity contribution in [3.8, 4) is 11.5 Å². The van der Waals surface area contributed by atoms with Crippen molar-refractivity contribution in [1.82, 2.24) is 14.9 Å². The monoisotopic (exact) mass is 471 g/mol. The number of hydrogen-bond donors (Lipinski definition) is 3. The summed E-state index contributed by atoms with van der Waals surface area (Å²) >= 11 is 5.51. The van der Waals surface area contributed by atoms with Crippen molar-refractivity contribution in [1.29, 1.82) is 0 Å². The smallest absolute Gasteiger partial charge is 0.229 e. The van der Waals surface area contributed by atoms with Crippen molar-refractivity contribution in [2.75, 3.05) is 37.9 Å². The predicted molar refractivity (Wildman–Crippen MR) is 132 cm³/mol. The molecule has 1 fully saturated rings. The molecule has 1 aliphatic heterocycles. The predicted octanol–water partition coefficient (Wildman–Crippen LogP) is 2.47. The number of piperidine rings is 1. The number of primary amides is 1. The molecule has 176 valence electrons. The third-order valence-electron chi connectivity index (χ3n) is 5.21. The van der Waals surface area contributed by atoms with Crippen LogP contribution >= 0.6 is 12.2 Å². The van der Waals surface area contributed by atoms with Crippen molar-refractivity contribution in [3.63, 3.8) is 0 Å². The van der Waals surface area contributed by atoms with Crippen LogP contribution in [-0.4, -0.2) is 59.2 Å². The maximum absolute atomic E-state index is 11.6. The number of nitrogens with zero attached hydrogens (tertiary/aromatic N) is 4. The zero-order valence-corrected chi connectivity index (χ0v) is 20.0. The lowest BCUT2D eigenvalue weighted by atomic mass is 9.96. The second kappa shape index (κ2) is 10.9. The number of anilines is 2. The summed E-state index contributed by atoms with van der Waals surface area (Å²) in [6, 6.07) is 7.25. The highest BCUT2D eigenvalue weighted by atomic mass is 32.1. The normalized spacial score (nSPS) is 14.5. The Morgan fingerprint density at radius 2 is 1.64 bits per heavy atom. The minimum Gasteiger partial charge on any atom is -0.497 e. The summed E-state index contributed by atoms with van der Waals surface area (Å²) in [6.45, 7) is 4.99. The van der Waals surface area contributed by atoms with Crippen LogP contribution in [0.3, 0.4) is 0 Å². The van der Waals surface area contributed by atoms with E-state index in [1.54, 1.807) is 32.4 Å². The number of nitrogens with one attached hydrogen (secondary N) is 2. The molecule has 1 aromatic heterocycles. The lowest BCUT2D eigenvalue weighted by molar-refractivity contribution is -0.122. The van der Waals surface area contributed by atoms with Crippen molar-refractivity contribution in [2.24, 2.45) is 16.6 Å². The van der Waals surface area contributed by atoms with Gasteiger partial charge in [0, 0.05) is 54.3 Å². The fraction of sp³-hybridized carbons (Fsp3) is 0.409. The second-order valence-electron chi connectivity index (χ2n) is 7.73. The van der Waals surface area contributed by atoms with Gasteiger partial charge in [0.25, 0.3) is 0 Å². The minimum absolute atomic E-state index is 0.144. The van der Waals surface area contributed by atoms with Gasteiger partial charge in [0.05, 0.1) is 14.2 Å². The van der Waals surface area contributed by atoms with Gasteiger partial charge in [-0.15, -0.1) is 0 Å². The Morgan fingerprint density at radius 1 is 1.06 bits per heavy atom. The summed E-state index contributed by atoms with van der Waals surface area (Å²) in [5.41, 5.74) is 7.83. The number of carbonyl (C=O) groups is 1.